The van der Waals surface area contributed by atoms with Crippen LogP contribution in [-0.2, 0) is 29.1 Å². The van der Waals surface area contributed by atoms with Gasteiger partial charge in [-0.25, -0.2) is 22.6 Å². The molecule has 17 heteroatoms. The molecule has 2 aliphatic carbocycles. The van der Waals surface area contributed by atoms with Crippen LogP contribution in [-0.4, -0.2) is 96.7 Å². The van der Waals surface area contributed by atoms with E-state index >= 15 is 4.39 Å². The minimum atomic E-state index is -3.93. The Bertz CT molecular complexity index is 1990. The number of sulfonamides is 1. The molecule has 2 saturated carbocycles. The highest BCUT2D eigenvalue weighted by molar-refractivity contribution is 7.91. The van der Waals surface area contributed by atoms with Crippen LogP contribution in [0, 0.1) is 11.7 Å². The zero-order chi connectivity index (χ0) is 38.7. The summed E-state index contributed by atoms with van der Waals surface area (Å²) in [6.45, 7) is 0.169. The van der Waals surface area contributed by atoms with E-state index in [9.17, 15) is 32.4 Å². The summed E-state index contributed by atoms with van der Waals surface area (Å²) >= 11 is 0. The van der Waals surface area contributed by atoms with Gasteiger partial charge in [0.25, 0.3) is 11.8 Å². The Kier molecular flexibility index (Phi) is 11.1. The number of benzene rings is 1. The maximum Gasteiger partial charge on any atom is 0.407 e. The Morgan fingerprint density at radius 2 is 1.73 bits per heavy atom. The Labute approximate surface area is 318 Å². The Morgan fingerprint density at radius 3 is 2.53 bits per heavy atom. The number of alkyl carbamates (subject to hydrolysis) is 1. The summed E-state index contributed by atoms with van der Waals surface area (Å²) in [5.74, 6) is -3.40. The van der Waals surface area contributed by atoms with Gasteiger partial charge in [0.1, 0.15) is 34.9 Å². The van der Waals surface area contributed by atoms with Gasteiger partial charge >= 0.3 is 6.09 Å². The molecule has 55 heavy (non-hydrogen) atoms. The van der Waals surface area contributed by atoms with Crippen molar-refractivity contribution in [1.82, 2.24) is 30.6 Å². The van der Waals surface area contributed by atoms with E-state index in [1.54, 1.807) is 12.1 Å². The Morgan fingerprint density at radius 1 is 0.945 bits per heavy atom. The van der Waals surface area contributed by atoms with Crippen LogP contribution in [0.5, 0.6) is 5.75 Å². The zero-order valence-electron chi connectivity index (χ0n) is 30.3. The number of carbonyl (C=O) groups is 5. The molecule has 4 heterocycles. The second-order valence-corrected chi connectivity index (χ2v) is 16.8. The predicted octanol–water partition coefficient (Wildman–Crippen LogP) is 2.86. The molecular weight excluding hydrogens is 736 g/mol. The largest absolute Gasteiger partial charge is 0.494 e. The zero-order valence-corrected chi connectivity index (χ0v) is 31.1. The average Bonchev–Trinajstić information content (AvgIpc) is 4.09. The number of aromatic nitrogens is 1. The fraction of sp³-hybridized carbons (Fsp3) is 0.526. The fourth-order valence-electron chi connectivity index (χ4n) is 7.41. The minimum Gasteiger partial charge on any atom is -0.494 e. The number of nitrogens with zero attached hydrogens (tertiary/aromatic N) is 2. The van der Waals surface area contributed by atoms with Crippen LogP contribution in [0.15, 0.2) is 48.6 Å². The highest BCUT2D eigenvalue weighted by Crippen LogP contribution is 2.46. The van der Waals surface area contributed by atoms with Crippen molar-refractivity contribution in [2.24, 2.45) is 5.92 Å². The number of ether oxygens (including phenoxy) is 2. The lowest BCUT2D eigenvalue weighted by atomic mass is 10.0. The van der Waals surface area contributed by atoms with Crippen LogP contribution in [0.1, 0.15) is 81.1 Å². The Hall–Kier alpha value is -5.06. The summed E-state index contributed by atoms with van der Waals surface area (Å²) in [4.78, 5) is 74.7. The topological polar surface area (TPSA) is 202 Å². The molecule has 1 aromatic heterocycles. The van der Waals surface area contributed by atoms with E-state index in [0.29, 0.717) is 44.3 Å². The van der Waals surface area contributed by atoms with Crippen molar-refractivity contribution in [3.63, 3.8) is 0 Å². The lowest BCUT2D eigenvalue weighted by molar-refractivity contribution is -0.141. The van der Waals surface area contributed by atoms with Crippen molar-refractivity contribution in [2.45, 2.75) is 99.5 Å². The quantitative estimate of drug-likeness (QED) is 0.336. The summed E-state index contributed by atoms with van der Waals surface area (Å²) in [6, 6.07) is 5.77. The van der Waals surface area contributed by atoms with Crippen molar-refractivity contribution in [3.8, 4) is 17.0 Å². The van der Waals surface area contributed by atoms with Crippen LogP contribution in [0.25, 0.3) is 11.3 Å². The van der Waals surface area contributed by atoms with E-state index in [0.717, 1.165) is 12.8 Å². The molecule has 3 aliphatic heterocycles. The molecule has 4 N–H and O–H groups in total. The summed E-state index contributed by atoms with van der Waals surface area (Å²) in [7, 11) is -3.93. The maximum atomic E-state index is 15.0. The van der Waals surface area contributed by atoms with Gasteiger partial charge in [0, 0.05) is 24.1 Å². The van der Waals surface area contributed by atoms with Crippen LogP contribution < -0.4 is 25.4 Å². The fourth-order valence-corrected chi connectivity index (χ4v) is 8.77. The maximum absolute atomic E-state index is 15.0. The van der Waals surface area contributed by atoms with E-state index in [1.165, 1.54) is 29.2 Å². The number of rotatable bonds is 3. The van der Waals surface area contributed by atoms with Crippen LogP contribution in [0.3, 0.4) is 0 Å². The number of cyclic esters (lactones) is 1. The normalized spacial score (nSPS) is 28.6. The first-order valence-electron chi connectivity index (χ1n) is 18.9. The summed E-state index contributed by atoms with van der Waals surface area (Å²) < 4.78 is 54.0. The van der Waals surface area contributed by atoms with E-state index in [4.69, 9.17) is 9.47 Å². The van der Waals surface area contributed by atoms with Gasteiger partial charge in [-0.05, 0) is 88.1 Å². The minimum absolute atomic E-state index is 0.0308. The molecule has 1 saturated heterocycles. The number of nitrogens with one attached hydrogen (secondary N) is 4. The first-order valence-corrected chi connectivity index (χ1v) is 20.5. The van der Waals surface area contributed by atoms with Crippen molar-refractivity contribution < 1.29 is 46.3 Å². The third kappa shape index (κ3) is 8.76. The third-order valence-corrected chi connectivity index (χ3v) is 12.6. The Balaban J connectivity index is 1.19. The van der Waals surface area contributed by atoms with Gasteiger partial charge in [-0.15, -0.1) is 0 Å². The highest BCUT2D eigenvalue weighted by Gasteiger charge is 2.62. The molecule has 2 aromatic rings. The molecule has 0 unspecified atom stereocenters. The van der Waals surface area contributed by atoms with Crippen molar-refractivity contribution in [3.05, 3.63) is 60.1 Å². The van der Waals surface area contributed by atoms with E-state index in [-0.39, 0.29) is 56.0 Å². The molecule has 5 atom stereocenters. The monoisotopic (exact) mass is 780 g/mol. The average molecular weight is 781 g/mol. The van der Waals surface area contributed by atoms with Gasteiger partial charge in [-0.3, -0.25) is 23.9 Å². The summed E-state index contributed by atoms with van der Waals surface area (Å²) in [5.41, 5.74) is -1.28. The van der Waals surface area contributed by atoms with E-state index < -0.39 is 80.4 Å². The third-order valence-electron chi connectivity index (χ3n) is 10.7. The predicted molar refractivity (Wildman–Crippen MR) is 195 cm³/mol. The molecule has 15 nitrogen and oxygen atoms in total. The number of allylic oxidation sites excluding steroid dienone is 1. The van der Waals surface area contributed by atoms with Gasteiger partial charge < -0.3 is 30.3 Å². The number of hydrogen-bond donors (Lipinski definition) is 4. The molecule has 3 fully saturated rings. The number of hydrogen-bond acceptors (Lipinski definition) is 10. The second-order valence-electron chi connectivity index (χ2n) is 14.9. The molecule has 1 aromatic carbocycles. The molecule has 0 spiro atoms. The van der Waals surface area contributed by atoms with Crippen LogP contribution in [0.4, 0.5) is 9.18 Å². The van der Waals surface area contributed by atoms with Crippen molar-refractivity contribution in [1.29, 1.82) is 0 Å². The SMILES string of the molecule is O=C1N[C@H]2CCCCC/C=C\[C@@H]3C[C@@]3(C(=O)NS(=O)(=O)C3CC3)NC(=O)[C@@H]3C[C@H](CN3C2=O)NC(=O)c2cccc(n2)-c2cc(ccc2F)OCCCCO1. The van der Waals surface area contributed by atoms with Gasteiger partial charge in [0.2, 0.25) is 21.8 Å². The molecule has 7 rings (SSSR count). The molecular formula is C38H45FN6O9S. The first kappa shape index (κ1) is 38.2. The van der Waals surface area contributed by atoms with Crippen molar-refractivity contribution in [2.75, 3.05) is 19.8 Å². The number of halogens is 1. The molecule has 0 radical (unpaired) electrons. The van der Waals surface area contributed by atoms with Crippen molar-refractivity contribution >= 4 is 39.7 Å². The van der Waals surface area contributed by atoms with E-state index in [1.807, 2.05) is 12.2 Å². The smallest absolute Gasteiger partial charge is 0.407 e. The highest BCUT2D eigenvalue weighted by atomic mass is 32.2. The molecule has 5 amide bonds. The number of carbonyl (C=O) groups excluding carboxylic acids is 5. The molecule has 294 valence electrons. The lowest BCUT2D eigenvalue weighted by Crippen LogP contribution is -2.58. The summed E-state index contributed by atoms with van der Waals surface area (Å²) in [5, 5.41) is 7.69. The standard InChI is InChI=1S/C38H45FN6O9S/c39-28-16-13-25-20-27(28)29-11-8-12-30(41-29)33(46)40-24-19-32-34(47)43-38(36(49)44-55(51,52)26-14-15-26)21-23(38)9-4-2-1-3-5-10-31(35(48)45(32)22-24)42-37(50)54-18-7-6-17-53-25/h4,8-9,11-13,16,20,23-24,26,31-32H,1-3,5-7,10,14-15,17-19,21-22H2,(H,40,46)(H,42,50)(H,43,47)(H,44,49)/b9-4-/t23-,24-,31+,32+,38-/m1/s1. The van der Waals surface area contributed by atoms with Gasteiger partial charge in [0.15, 0.2) is 0 Å². The first-order chi connectivity index (χ1) is 26.4. The number of amides is 5. The van der Waals surface area contributed by atoms with Gasteiger partial charge in [-0.1, -0.05) is 31.1 Å². The molecule has 7 bridgehead atoms. The lowest BCUT2D eigenvalue weighted by Gasteiger charge is -2.30. The summed E-state index contributed by atoms with van der Waals surface area (Å²) in [6.07, 6.45) is 7.82. The second kappa shape index (κ2) is 16.0. The number of fused-ring (bicyclic) bond motifs is 8. The number of pyridine rings is 1. The van der Waals surface area contributed by atoms with Gasteiger partial charge in [0.05, 0.1) is 24.2 Å². The van der Waals surface area contributed by atoms with E-state index in [2.05, 4.69) is 25.7 Å². The van der Waals surface area contributed by atoms with Gasteiger partial charge in [-0.2, -0.15) is 0 Å². The van der Waals surface area contributed by atoms with Crippen LogP contribution >= 0.6 is 0 Å². The van der Waals surface area contributed by atoms with Crippen LogP contribution in [0.2, 0.25) is 0 Å². The molecule has 5 aliphatic rings.